The molecule has 0 amide bonds. The molecule has 2 nitrogen and oxygen atoms in total. The lowest BCUT2D eigenvalue weighted by atomic mass is 9.63. The molecule has 4 rings (SSSR count). The molecule has 1 aromatic carbocycles. The predicted molar refractivity (Wildman–Crippen MR) is 101 cm³/mol. The largest absolute Gasteiger partial charge is 0.339 e. The van der Waals surface area contributed by atoms with Crippen LogP contribution in [0.5, 0.6) is 0 Å². The van der Waals surface area contributed by atoms with E-state index in [2.05, 4.69) is 44.2 Å². The maximum atomic E-state index is 6.82. The van der Waals surface area contributed by atoms with Crippen molar-refractivity contribution in [1.82, 2.24) is 0 Å². The van der Waals surface area contributed by atoms with Crippen molar-refractivity contribution >= 4 is 0 Å². The van der Waals surface area contributed by atoms with E-state index in [-0.39, 0.29) is 17.5 Å². The van der Waals surface area contributed by atoms with E-state index in [1.807, 2.05) is 0 Å². The second-order valence-electron chi connectivity index (χ2n) is 8.86. The molecule has 1 aliphatic heterocycles. The van der Waals surface area contributed by atoms with Crippen molar-refractivity contribution < 1.29 is 9.47 Å². The van der Waals surface area contributed by atoms with Crippen molar-refractivity contribution in [3.05, 3.63) is 35.9 Å². The third-order valence-corrected chi connectivity index (χ3v) is 7.53. The number of hydrogen-bond donors (Lipinski definition) is 0. The predicted octanol–water partition coefficient (Wildman–Crippen LogP) is 6.41. The van der Waals surface area contributed by atoms with Crippen LogP contribution in [0, 0.1) is 11.8 Å². The molecule has 0 spiro atoms. The van der Waals surface area contributed by atoms with Crippen LogP contribution in [-0.2, 0) is 9.47 Å². The summed E-state index contributed by atoms with van der Waals surface area (Å²) in [6, 6.07) is 10.6. The van der Waals surface area contributed by atoms with Gasteiger partial charge >= 0.3 is 0 Å². The molecule has 3 fully saturated rings. The molecule has 0 N–H and O–H groups in total. The van der Waals surface area contributed by atoms with Crippen LogP contribution in [-0.4, -0.2) is 11.2 Å². The first-order valence-corrected chi connectivity index (χ1v) is 10.5. The minimum Gasteiger partial charge on any atom is -0.339 e. The van der Waals surface area contributed by atoms with Crippen LogP contribution in [0.1, 0.15) is 89.9 Å². The summed E-state index contributed by atoms with van der Waals surface area (Å²) in [5, 5.41) is 0. The van der Waals surface area contributed by atoms with Gasteiger partial charge in [-0.05, 0) is 51.4 Å². The van der Waals surface area contributed by atoms with Crippen LogP contribution >= 0.6 is 0 Å². The van der Waals surface area contributed by atoms with Crippen LogP contribution in [0.2, 0.25) is 0 Å². The number of hydrogen-bond acceptors (Lipinski definition) is 2. The van der Waals surface area contributed by atoms with E-state index in [4.69, 9.17) is 9.47 Å². The van der Waals surface area contributed by atoms with Crippen molar-refractivity contribution in [2.45, 2.75) is 95.5 Å². The smallest absolute Gasteiger partial charge is 0.185 e. The molecule has 1 aromatic rings. The number of ether oxygens (including phenoxy) is 2. The Morgan fingerprint density at radius 2 is 1.12 bits per heavy atom. The molecule has 0 radical (unpaired) electrons. The van der Waals surface area contributed by atoms with E-state index in [9.17, 15) is 0 Å². The second-order valence-corrected chi connectivity index (χ2v) is 8.86. The molecule has 2 heteroatoms. The number of benzene rings is 1. The Balaban J connectivity index is 1.67. The van der Waals surface area contributed by atoms with E-state index in [0.717, 1.165) is 0 Å². The van der Waals surface area contributed by atoms with Gasteiger partial charge in [0.1, 0.15) is 11.2 Å². The van der Waals surface area contributed by atoms with Crippen molar-refractivity contribution in [2.24, 2.45) is 11.8 Å². The molecule has 2 aliphatic carbocycles. The van der Waals surface area contributed by atoms with Crippen molar-refractivity contribution in [3.8, 4) is 0 Å². The van der Waals surface area contributed by atoms with Crippen LogP contribution in [0.4, 0.5) is 0 Å². The molecule has 138 valence electrons. The van der Waals surface area contributed by atoms with Gasteiger partial charge in [-0.2, -0.15) is 0 Å². The first kappa shape index (κ1) is 17.5. The van der Waals surface area contributed by atoms with Gasteiger partial charge in [-0.15, -0.1) is 0 Å². The summed E-state index contributed by atoms with van der Waals surface area (Å²) in [6.45, 7) is 4.75. The molecule has 0 aromatic heterocycles. The Kier molecular flexibility index (Phi) is 4.94. The second kappa shape index (κ2) is 7.04. The van der Waals surface area contributed by atoms with Crippen LogP contribution in [0.15, 0.2) is 30.3 Å². The molecule has 2 saturated carbocycles. The van der Waals surface area contributed by atoms with Gasteiger partial charge in [0.15, 0.2) is 6.29 Å². The van der Waals surface area contributed by atoms with Crippen molar-refractivity contribution in [2.75, 3.05) is 0 Å². The molecule has 3 aliphatic rings. The average Bonchev–Trinajstić information content (AvgIpc) is 2.97. The molecule has 1 heterocycles. The van der Waals surface area contributed by atoms with Crippen LogP contribution < -0.4 is 0 Å². The fourth-order valence-electron chi connectivity index (χ4n) is 5.76. The van der Waals surface area contributed by atoms with E-state index < -0.39 is 0 Å². The highest BCUT2D eigenvalue weighted by Gasteiger charge is 2.61. The Bertz CT molecular complexity index is 527. The highest BCUT2D eigenvalue weighted by atomic mass is 16.7. The van der Waals surface area contributed by atoms with E-state index >= 15 is 0 Å². The van der Waals surface area contributed by atoms with E-state index in [1.165, 1.54) is 69.8 Å². The lowest BCUT2D eigenvalue weighted by Gasteiger charge is -2.49. The van der Waals surface area contributed by atoms with Gasteiger partial charge < -0.3 is 9.47 Å². The fourth-order valence-corrected chi connectivity index (χ4v) is 5.76. The molecule has 0 bridgehead atoms. The zero-order valence-electron chi connectivity index (χ0n) is 16.0. The van der Waals surface area contributed by atoms with Gasteiger partial charge in [-0.25, -0.2) is 0 Å². The highest BCUT2D eigenvalue weighted by Crippen LogP contribution is 2.57. The third-order valence-electron chi connectivity index (χ3n) is 7.53. The summed E-state index contributed by atoms with van der Waals surface area (Å²) in [5.41, 5.74) is 0.829. The summed E-state index contributed by atoms with van der Waals surface area (Å²) in [7, 11) is 0. The van der Waals surface area contributed by atoms with Crippen molar-refractivity contribution in [1.29, 1.82) is 0 Å². The zero-order chi connectivity index (χ0) is 17.3. The SMILES string of the molecule is C[C@@]1(C2CCCCC2)OC(c2ccccc2)O[C@@]1(C)C1CCCCC1. The minimum absolute atomic E-state index is 0.171. The van der Waals surface area contributed by atoms with Gasteiger partial charge in [0.2, 0.25) is 0 Å². The Hall–Kier alpha value is -0.860. The Morgan fingerprint density at radius 3 is 1.56 bits per heavy atom. The normalized spacial score (nSPS) is 35.9. The van der Waals surface area contributed by atoms with E-state index in [0.29, 0.717) is 11.8 Å². The summed E-state index contributed by atoms with van der Waals surface area (Å²) in [4.78, 5) is 0. The topological polar surface area (TPSA) is 18.5 Å². The average molecular weight is 343 g/mol. The fraction of sp³-hybridized carbons (Fsp3) is 0.739. The molecule has 1 saturated heterocycles. The quantitative estimate of drug-likeness (QED) is 0.632. The van der Waals surface area contributed by atoms with Gasteiger partial charge in [-0.3, -0.25) is 0 Å². The maximum absolute atomic E-state index is 6.82. The summed E-state index contributed by atoms with van der Waals surface area (Å²) in [5.74, 6) is 1.25. The lowest BCUT2D eigenvalue weighted by Crippen LogP contribution is -2.57. The summed E-state index contributed by atoms with van der Waals surface area (Å²) < 4.78 is 13.6. The summed E-state index contributed by atoms with van der Waals surface area (Å²) >= 11 is 0. The van der Waals surface area contributed by atoms with Crippen LogP contribution in [0.25, 0.3) is 0 Å². The number of rotatable bonds is 3. The standard InChI is InChI=1S/C23H34O2/c1-22(19-14-8-4-9-15-19)23(2,20-16-10-5-11-17-20)25-21(24-22)18-12-6-3-7-13-18/h3,6-7,12-13,19-21H,4-5,8-11,14-17H2,1-2H3/t22-,23-/m0/s1. The highest BCUT2D eigenvalue weighted by molar-refractivity contribution is 5.20. The summed E-state index contributed by atoms with van der Waals surface area (Å²) in [6.07, 6.45) is 13.1. The maximum Gasteiger partial charge on any atom is 0.185 e. The molecular weight excluding hydrogens is 308 g/mol. The zero-order valence-corrected chi connectivity index (χ0v) is 16.0. The van der Waals surface area contributed by atoms with Crippen molar-refractivity contribution in [3.63, 3.8) is 0 Å². The minimum atomic E-state index is -0.208. The Morgan fingerprint density at radius 1 is 0.680 bits per heavy atom. The first-order valence-electron chi connectivity index (χ1n) is 10.5. The first-order chi connectivity index (χ1) is 12.1. The third kappa shape index (κ3) is 3.06. The molecule has 0 unspecified atom stereocenters. The Labute approximate surface area is 153 Å². The van der Waals surface area contributed by atoms with Gasteiger partial charge in [0.05, 0.1) is 0 Å². The van der Waals surface area contributed by atoms with Gasteiger partial charge in [0.25, 0.3) is 0 Å². The van der Waals surface area contributed by atoms with Gasteiger partial charge in [-0.1, -0.05) is 68.9 Å². The van der Waals surface area contributed by atoms with Crippen LogP contribution in [0.3, 0.4) is 0 Å². The van der Waals surface area contributed by atoms with Gasteiger partial charge in [0, 0.05) is 5.56 Å². The molecular formula is C23H34O2. The monoisotopic (exact) mass is 342 g/mol. The molecule has 25 heavy (non-hydrogen) atoms. The van der Waals surface area contributed by atoms with E-state index in [1.54, 1.807) is 0 Å². The molecule has 2 atom stereocenters. The lowest BCUT2D eigenvalue weighted by molar-refractivity contribution is -0.114.